The van der Waals surface area contributed by atoms with E-state index < -0.39 is 0 Å². The first-order chi connectivity index (χ1) is 26.9. The summed E-state index contributed by atoms with van der Waals surface area (Å²) in [6, 6.07) is 50.3. The molecule has 0 saturated carbocycles. The van der Waals surface area contributed by atoms with Crippen LogP contribution in [0.15, 0.2) is 140 Å². The summed E-state index contributed by atoms with van der Waals surface area (Å²) in [5.41, 5.74) is 14.6. The van der Waals surface area contributed by atoms with Gasteiger partial charge >= 0.3 is 0 Å². The molecule has 9 aromatic rings. The van der Waals surface area contributed by atoms with Crippen molar-refractivity contribution in [1.29, 1.82) is 0 Å². The van der Waals surface area contributed by atoms with E-state index in [1.807, 2.05) is 36.0 Å². The number of pyridine rings is 1. The van der Waals surface area contributed by atoms with E-state index in [-0.39, 0.29) is 37.6 Å². The molecule has 0 spiro atoms. The molecule has 0 amide bonds. The monoisotopic (exact) mass is 924 g/mol. The predicted octanol–water partition coefficient (Wildman–Crippen LogP) is 12.8. The molecule has 0 bridgehead atoms. The number of para-hydroxylation sites is 4. The molecule has 5 nitrogen and oxygen atoms in total. The van der Waals surface area contributed by atoms with Crippen molar-refractivity contribution in [3.8, 4) is 56.3 Å². The van der Waals surface area contributed by atoms with Gasteiger partial charge in [-0.25, -0.2) is 4.98 Å². The average Bonchev–Trinajstić information content (AvgIpc) is 3.72. The van der Waals surface area contributed by atoms with E-state index in [0.29, 0.717) is 11.4 Å². The summed E-state index contributed by atoms with van der Waals surface area (Å²) in [4.78, 5) is 9.95. The number of phenols is 1. The molecule has 3 aromatic heterocycles. The Morgan fingerprint density at radius 3 is 1.96 bits per heavy atom. The van der Waals surface area contributed by atoms with Crippen molar-refractivity contribution < 1.29 is 26.2 Å². The first-order valence-electron chi connectivity index (χ1n) is 19.3. The number of aromatic nitrogens is 4. The molecule has 0 aliphatic rings. The molecule has 3 heterocycles. The molecular weight excluding hydrogens is 880 g/mol. The fraction of sp³-hybridized carbons (Fsp3) is 0.176. The number of imidazole rings is 1. The van der Waals surface area contributed by atoms with E-state index in [1.165, 1.54) is 38.6 Å². The Balaban J connectivity index is 0.00000455. The Labute approximate surface area is 349 Å². The molecule has 6 heteroatoms. The van der Waals surface area contributed by atoms with Crippen molar-refractivity contribution in [2.45, 2.75) is 52.4 Å². The minimum Gasteiger partial charge on any atom is -0.507 e. The number of hydrogen-bond acceptors (Lipinski definition) is 3. The molecule has 0 atom stereocenters. The van der Waals surface area contributed by atoms with Gasteiger partial charge in [0.2, 0.25) is 0 Å². The van der Waals surface area contributed by atoms with E-state index in [0.717, 1.165) is 44.5 Å². The van der Waals surface area contributed by atoms with Crippen LogP contribution in [0.5, 0.6) is 5.75 Å². The first kappa shape index (κ1) is 38.1. The summed E-state index contributed by atoms with van der Waals surface area (Å²) in [5, 5.41) is 13.1. The first-order valence-corrected chi connectivity index (χ1v) is 19.3. The molecule has 0 aliphatic heterocycles. The van der Waals surface area contributed by atoms with Gasteiger partial charge in [-0.3, -0.25) is 4.98 Å². The number of rotatable bonds is 5. The van der Waals surface area contributed by atoms with Crippen molar-refractivity contribution in [3.05, 3.63) is 157 Å². The van der Waals surface area contributed by atoms with Crippen LogP contribution < -0.4 is 0 Å². The van der Waals surface area contributed by atoms with Gasteiger partial charge in [-0.05, 0) is 70.0 Å². The van der Waals surface area contributed by atoms with Crippen LogP contribution in [0, 0.1) is 6.07 Å². The van der Waals surface area contributed by atoms with Gasteiger partial charge in [-0.1, -0.05) is 125 Å². The van der Waals surface area contributed by atoms with Gasteiger partial charge < -0.3 is 14.2 Å². The summed E-state index contributed by atoms with van der Waals surface area (Å²) in [5.74, 6) is 0.915. The SMILES string of the molecule is Cn1c(-c2ccccc2O)nc2c(-c3[c-]c(-c4cc(-c5cccc6c7ccccc7n(-c7cc(C(C)(C)C)cc(C(C)(C)C)c7)c56)ccn4)ccc3)cccc21.[Pt]. The summed E-state index contributed by atoms with van der Waals surface area (Å²) in [7, 11) is 1.99. The van der Waals surface area contributed by atoms with E-state index in [2.05, 4.69) is 161 Å². The topological polar surface area (TPSA) is 55.9 Å². The van der Waals surface area contributed by atoms with Gasteiger partial charge in [0, 0.05) is 62.0 Å². The van der Waals surface area contributed by atoms with Gasteiger partial charge in [-0.2, -0.15) is 0 Å². The van der Waals surface area contributed by atoms with Gasteiger partial charge in [0.25, 0.3) is 0 Å². The van der Waals surface area contributed by atoms with Crippen LogP contribution in [-0.4, -0.2) is 24.2 Å². The molecule has 0 aliphatic carbocycles. The van der Waals surface area contributed by atoms with E-state index in [1.54, 1.807) is 6.07 Å². The van der Waals surface area contributed by atoms with Gasteiger partial charge in [0.05, 0.1) is 27.6 Å². The number of phenolic OH excluding ortho intramolecular Hbond substituents is 1. The molecule has 286 valence electrons. The Morgan fingerprint density at radius 2 is 1.21 bits per heavy atom. The molecule has 9 rings (SSSR count). The fourth-order valence-electron chi connectivity index (χ4n) is 7.98. The molecule has 57 heavy (non-hydrogen) atoms. The zero-order valence-corrected chi connectivity index (χ0v) is 35.6. The van der Waals surface area contributed by atoms with E-state index in [9.17, 15) is 5.11 Å². The molecule has 6 aromatic carbocycles. The number of aromatic hydroxyl groups is 1. The van der Waals surface area contributed by atoms with Gasteiger partial charge in [0.15, 0.2) is 0 Å². The average molecular weight is 925 g/mol. The summed E-state index contributed by atoms with van der Waals surface area (Å²) >= 11 is 0. The number of hydrogen-bond donors (Lipinski definition) is 1. The van der Waals surface area contributed by atoms with Crippen LogP contribution >= 0.6 is 0 Å². The minimum absolute atomic E-state index is 0. The third-order valence-electron chi connectivity index (χ3n) is 11.1. The summed E-state index contributed by atoms with van der Waals surface area (Å²) in [6.45, 7) is 13.8. The standard InChI is InChI=1S/C51H45N4O.Pt/c1-50(2,3)35-29-36(51(4,5)6)31-37(30-35)55-44-22-10-8-17-40(44)41-21-13-20-39(48(41)55)33-25-26-52-43(28-33)34-16-12-15-32(27-34)38-19-14-23-45-47(38)53-49(54(45)7)42-18-9-11-24-46(42)56;/h8-26,28-31,56H,1-7H3;/q-1;. The smallest absolute Gasteiger partial charge is 0.143 e. The van der Waals surface area contributed by atoms with Crippen molar-refractivity contribution in [2.75, 3.05) is 0 Å². The third kappa shape index (κ3) is 6.68. The molecule has 0 unspecified atom stereocenters. The molecule has 0 fully saturated rings. The number of fused-ring (bicyclic) bond motifs is 4. The number of nitrogens with zero attached hydrogens (tertiary/aromatic N) is 4. The van der Waals surface area contributed by atoms with Crippen LogP contribution in [0.3, 0.4) is 0 Å². The van der Waals surface area contributed by atoms with E-state index >= 15 is 0 Å². The maximum Gasteiger partial charge on any atom is 0.143 e. The van der Waals surface area contributed by atoms with Crippen molar-refractivity contribution in [1.82, 2.24) is 19.1 Å². The number of benzene rings is 6. The second-order valence-corrected chi connectivity index (χ2v) is 16.9. The van der Waals surface area contributed by atoms with Gasteiger partial charge in [-0.15, -0.1) is 29.8 Å². The quantitative estimate of drug-likeness (QED) is 0.175. The van der Waals surface area contributed by atoms with Crippen LogP contribution in [0.25, 0.3) is 83.4 Å². The minimum atomic E-state index is -0.0160. The largest absolute Gasteiger partial charge is 0.507 e. The zero-order chi connectivity index (χ0) is 38.9. The van der Waals surface area contributed by atoms with Crippen LogP contribution in [-0.2, 0) is 38.9 Å². The van der Waals surface area contributed by atoms with Crippen molar-refractivity contribution >= 4 is 32.8 Å². The van der Waals surface area contributed by atoms with Crippen molar-refractivity contribution in [3.63, 3.8) is 0 Å². The second kappa shape index (κ2) is 14.3. The second-order valence-electron chi connectivity index (χ2n) is 16.9. The Kier molecular flexibility index (Phi) is 9.57. The summed E-state index contributed by atoms with van der Waals surface area (Å²) < 4.78 is 4.50. The molecule has 1 N–H and O–H groups in total. The van der Waals surface area contributed by atoms with Crippen LogP contribution in [0.2, 0.25) is 0 Å². The number of aryl methyl sites for hydroxylation is 1. The Morgan fingerprint density at radius 1 is 0.596 bits per heavy atom. The van der Waals surface area contributed by atoms with E-state index in [4.69, 9.17) is 9.97 Å². The fourth-order valence-corrected chi connectivity index (χ4v) is 7.98. The molecule has 0 saturated heterocycles. The normalized spacial score (nSPS) is 12.1. The maximum atomic E-state index is 10.6. The Hall–Kier alpha value is -5.77. The van der Waals surface area contributed by atoms with Crippen LogP contribution in [0.1, 0.15) is 52.7 Å². The molecular formula is C51H45N4OPt-. The zero-order valence-electron chi connectivity index (χ0n) is 33.3. The maximum absolute atomic E-state index is 10.6. The Bertz CT molecular complexity index is 2940. The van der Waals surface area contributed by atoms with Crippen molar-refractivity contribution in [2.24, 2.45) is 7.05 Å². The van der Waals surface area contributed by atoms with Gasteiger partial charge in [0.1, 0.15) is 11.6 Å². The summed E-state index contributed by atoms with van der Waals surface area (Å²) in [6.07, 6.45) is 1.91. The molecule has 0 radical (unpaired) electrons. The predicted molar refractivity (Wildman–Crippen MR) is 232 cm³/mol. The van der Waals surface area contributed by atoms with Crippen LogP contribution in [0.4, 0.5) is 0 Å². The third-order valence-corrected chi connectivity index (χ3v) is 11.1.